The van der Waals surface area contributed by atoms with Crippen LogP contribution in [0.5, 0.6) is 0 Å². The molecule has 1 aliphatic rings. The normalized spacial score (nSPS) is 18.9. The fourth-order valence-corrected chi connectivity index (χ4v) is 3.46. The molecular weight excluding hydrogens is 338 g/mol. The second kappa shape index (κ2) is 6.27. The van der Waals surface area contributed by atoms with Crippen molar-refractivity contribution in [3.63, 3.8) is 0 Å². The van der Waals surface area contributed by atoms with Gasteiger partial charge in [0, 0.05) is 35.3 Å². The summed E-state index contributed by atoms with van der Waals surface area (Å²) in [5.74, 6) is 0.743. The molecule has 5 heteroatoms. The summed E-state index contributed by atoms with van der Waals surface area (Å²) in [5.41, 5.74) is 3.15. The summed E-state index contributed by atoms with van der Waals surface area (Å²) < 4.78 is 0.967. The van der Waals surface area contributed by atoms with Gasteiger partial charge in [-0.2, -0.15) is 0 Å². The predicted molar refractivity (Wildman–Crippen MR) is 87.6 cm³/mol. The molecule has 2 aromatic heterocycles. The molecule has 1 aliphatic heterocycles. The Morgan fingerprint density at radius 2 is 2.30 bits per heavy atom. The Kier molecular flexibility index (Phi) is 4.41. The van der Waals surface area contributed by atoms with Gasteiger partial charge in [-0.3, -0.25) is 9.97 Å². The van der Waals surface area contributed by atoms with E-state index in [1.54, 1.807) is 0 Å². The van der Waals surface area contributed by atoms with Crippen LogP contribution in [-0.4, -0.2) is 28.4 Å². The highest BCUT2D eigenvalue weighted by molar-refractivity contribution is 9.10. The number of hydrogen-bond donors (Lipinski definition) is 0. The number of pyridine rings is 2. The third-order valence-electron chi connectivity index (χ3n) is 3.88. The van der Waals surface area contributed by atoms with E-state index in [1.165, 1.54) is 18.5 Å². The first-order valence-electron chi connectivity index (χ1n) is 7.02. The van der Waals surface area contributed by atoms with Crippen LogP contribution in [0.25, 0.3) is 11.0 Å². The second-order valence-electron chi connectivity index (χ2n) is 5.17. The van der Waals surface area contributed by atoms with Crippen molar-refractivity contribution in [2.75, 3.05) is 17.3 Å². The highest BCUT2D eigenvalue weighted by Crippen LogP contribution is 2.32. The number of aromatic nitrogens is 2. The number of alkyl halides is 1. The van der Waals surface area contributed by atoms with Crippen molar-refractivity contribution >= 4 is 44.3 Å². The molecule has 106 valence electrons. The van der Waals surface area contributed by atoms with Crippen LogP contribution in [0.4, 0.5) is 5.69 Å². The van der Waals surface area contributed by atoms with Crippen LogP contribution >= 0.6 is 27.5 Å². The zero-order valence-corrected chi connectivity index (χ0v) is 13.6. The van der Waals surface area contributed by atoms with Crippen molar-refractivity contribution in [3.8, 4) is 0 Å². The van der Waals surface area contributed by atoms with Crippen LogP contribution in [0.15, 0.2) is 29.0 Å². The molecule has 0 N–H and O–H groups in total. The number of anilines is 1. The Morgan fingerprint density at radius 1 is 1.40 bits per heavy atom. The fourth-order valence-electron chi connectivity index (χ4n) is 2.99. The quantitative estimate of drug-likeness (QED) is 0.763. The molecule has 0 aromatic carbocycles. The SMILES string of the molecule is ClCCCC1CCCN1c1ccnc2cc(Br)cnc12. The molecule has 1 saturated heterocycles. The number of halogens is 2. The van der Waals surface area contributed by atoms with Gasteiger partial charge in [-0.15, -0.1) is 11.6 Å². The first-order chi connectivity index (χ1) is 9.79. The molecule has 1 fully saturated rings. The van der Waals surface area contributed by atoms with Crippen LogP contribution in [0.1, 0.15) is 25.7 Å². The van der Waals surface area contributed by atoms with Gasteiger partial charge in [0.1, 0.15) is 5.52 Å². The zero-order chi connectivity index (χ0) is 13.9. The third-order valence-corrected chi connectivity index (χ3v) is 4.58. The van der Waals surface area contributed by atoms with Crippen LogP contribution in [-0.2, 0) is 0 Å². The standard InChI is InChI=1S/C15H17BrClN3/c16-11-9-13-15(19-10-11)14(5-7-18-13)20-8-2-4-12(20)3-1-6-17/h5,7,9-10,12H,1-4,6,8H2. The van der Waals surface area contributed by atoms with Gasteiger partial charge in [0.2, 0.25) is 0 Å². The average Bonchev–Trinajstić information content (AvgIpc) is 2.92. The second-order valence-corrected chi connectivity index (χ2v) is 6.47. The summed E-state index contributed by atoms with van der Waals surface area (Å²) in [4.78, 5) is 11.5. The summed E-state index contributed by atoms with van der Waals surface area (Å²) in [6.07, 6.45) is 8.44. The lowest BCUT2D eigenvalue weighted by Crippen LogP contribution is -2.29. The Bertz CT molecular complexity index is 605. The highest BCUT2D eigenvalue weighted by Gasteiger charge is 2.25. The smallest absolute Gasteiger partial charge is 0.112 e. The van der Waals surface area contributed by atoms with E-state index < -0.39 is 0 Å². The van der Waals surface area contributed by atoms with Gasteiger partial charge in [0.25, 0.3) is 0 Å². The summed E-state index contributed by atoms with van der Waals surface area (Å²) in [5, 5.41) is 0. The third kappa shape index (κ3) is 2.77. The molecule has 0 spiro atoms. The van der Waals surface area contributed by atoms with Crippen LogP contribution in [0.2, 0.25) is 0 Å². The first kappa shape index (κ1) is 14.1. The van der Waals surface area contributed by atoms with Gasteiger partial charge in [-0.05, 0) is 53.7 Å². The molecule has 0 amide bonds. The largest absolute Gasteiger partial charge is 0.367 e. The monoisotopic (exact) mass is 353 g/mol. The lowest BCUT2D eigenvalue weighted by atomic mass is 10.1. The van der Waals surface area contributed by atoms with E-state index in [0.717, 1.165) is 40.8 Å². The van der Waals surface area contributed by atoms with Gasteiger partial charge >= 0.3 is 0 Å². The molecule has 3 heterocycles. The van der Waals surface area contributed by atoms with E-state index in [9.17, 15) is 0 Å². The molecular formula is C15H17BrClN3. The molecule has 3 rings (SSSR count). The van der Waals surface area contributed by atoms with Crippen molar-refractivity contribution in [1.29, 1.82) is 0 Å². The highest BCUT2D eigenvalue weighted by atomic mass is 79.9. The minimum absolute atomic E-state index is 0.588. The van der Waals surface area contributed by atoms with Gasteiger partial charge in [0.05, 0.1) is 11.2 Å². The molecule has 0 saturated carbocycles. The molecule has 20 heavy (non-hydrogen) atoms. The molecule has 0 bridgehead atoms. The van der Waals surface area contributed by atoms with E-state index in [-0.39, 0.29) is 0 Å². The van der Waals surface area contributed by atoms with Crippen molar-refractivity contribution in [3.05, 3.63) is 29.0 Å². The summed E-state index contributed by atoms with van der Waals surface area (Å²) in [6, 6.07) is 4.70. The van der Waals surface area contributed by atoms with E-state index in [2.05, 4.69) is 36.9 Å². The molecule has 0 aliphatic carbocycles. The topological polar surface area (TPSA) is 29.0 Å². The summed E-state index contributed by atoms with van der Waals surface area (Å²) in [7, 11) is 0. The fraction of sp³-hybridized carbons (Fsp3) is 0.467. The van der Waals surface area contributed by atoms with Crippen molar-refractivity contribution < 1.29 is 0 Å². The lowest BCUT2D eigenvalue weighted by Gasteiger charge is -2.27. The Morgan fingerprint density at radius 3 is 3.15 bits per heavy atom. The van der Waals surface area contributed by atoms with Gasteiger partial charge in [-0.25, -0.2) is 0 Å². The Labute approximate surface area is 132 Å². The van der Waals surface area contributed by atoms with Crippen LogP contribution in [0.3, 0.4) is 0 Å². The Hall–Kier alpha value is -0.870. The van der Waals surface area contributed by atoms with E-state index >= 15 is 0 Å². The first-order valence-corrected chi connectivity index (χ1v) is 8.35. The maximum absolute atomic E-state index is 5.84. The number of hydrogen-bond acceptors (Lipinski definition) is 3. The molecule has 2 aromatic rings. The summed E-state index contributed by atoms with van der Waals surface area (Å²) in [6.45, 7) is 1.10. The van der Waals surface area contributed by atoms with E-state index in [0.29, 0.717) is 6.04 Å². The van der Waals surface area contributed by atoms with Crippen LogP contribution in [0, 0.1) is 0 Å². The molecule has 0 radical (unpaired) electrons. The zero-order valence-electron chi connectivity index (χ0n) is 11.2. The van der Waals surface area contributed by atoms with Crippen molar-refractivity contribution in [2.45, 2.75) is 31.7 Å². The maximum atomic E-state index is 5.84. The molecule has 1 atom stereocenters. The van der Waals surface area contributed by atoms with Gasteiger partial charge < -0.3 is 4.90 Å². The average molecular weight is 355 g/mol. The van der Waals surface area contributed by atoms with Gasteiger partial charge in [-0.1, -0.05) is 0 Å². The van der Waals surface area contributed by atoms with E-state index in [4.69, 9.17) is 11.6 Å². The maximum Gasteiger partial charge on any atom is 0.112 e. The van der Waals surface area contributed by atoms with Gasteiger partial charge in [0.15, 0.2) is 0 Å². The predicted octanol–water partition coefficient (Wildman–Crippen LogP) is 4.38. The van der Waals surface area contributed by atoms with Crippen molar-refractivity contribution in [2.24, 2.45) is 0 Å². The van der Waals surface area contributed by atoms with Crippen LogP contribution < -0.4 is 4.90 Å². The number of rotatable bonds is 4. The summed E-state index contributed by atoms with van der Waals surface area (Å²) >= 11 is 9.30. The molecule has 3 nitrogen and oxygen atoms in total. The lowest BCUT2D eigenvalue weighted by molar-refractivity contribution is 0.603. The minimum atomic E-state index is 0.588. The number of fused-ring (bicyclic) bond motifs is 1. The number of nitrogens with zero attached hydrogens (tertiary/aromatic N) is 3. The Balaban J connectivity index is 1.96. The van der Waals surface area contributed by atoms with Crippen molar-refractivity contribution in [1.82, 2.24) is 9.97 Å². The molecule has 1 unspecified atom stereocenters. The minimum Gasteiger partial charge on any atom is -0.367 e. The van der Waals surface area contributed by atoms with E-state index in [1.807, 2.05) is 18.5 Å².